The molecule has 0 radical (unpaired) electrons. The fourth-order valence-electron chi connectivity index (χ4n) is 12.0. The van der Waals surface area contributed by atoms with Crippen molar-refractivity contribution in [2.45, 2.75) is 88.6 Å². The summed E-state index contributed by atoms with van der Waals surface area (Å²) in [6.07, 6.45) is 10.3. The number of aromatic hydroxyl groups is 1. The first-order valence-corrected chi connectivity index (χ1v) is 27.7. The van der Waals surface area contributed by atoms with Crippen LogP contribution in [0.2, 0.25) is 0 Å². The van der Waals surface area contributed by atoms with E-state index in [9.17, 15) is 33.7 Å². The minimum Gasteiger partial charge on any atom is -0.508 e. The van der Waals surface area contributed by atoms with Crippen LogP contribution in [0.3, 0.4) is 0 Å². The van der Waals surface area contributed by atoms with Crippen molar-refractivity contribution in [2.75, 3.05) is 44.4 Å². The number of amides is 2. The molecule has 0 saturated carbocycles. The smallest absolute Gasteiger partial charge is 0.319 e. The number of fused-ring (bicyclic) bond motifs is 4. The molecule has 3 aromatic heterocycles. The van der Waals surface area contributed by atoms with Crippen LogP contribution in [0.1, 0.15) is 68.3 Å². The molecule has 0 unspecified atom stereocenters. The maximum atomic E-state index is 15.6. The molecule has 4 aliphatic heterocycles. The Balaban J connectivity index is 0.813. The van der Waals surface area contributed by atoms with Crippen LogP contribution in [0.5, 0.6) is 17.5 Å². The average molecular weight is 1130 g/mol. The minimum atomic E-state index is -1.10. The fraction of sp³-hybridized carbons (Fsp3) is 0.339. The zero-order chi connectivity index (χ0) is 57.6. The first-order chi connectivity index (χ1) is 40.2. The largest absolute Gasteiger partial charge is 0.508 e. The van der Waals surface area contributed by atoms with Crippen LogP contribution in [0.4, 0.5) is 19.0 Å². The highest BCUT2D eigenvalue weighted by atomic mass is 19.1. The Bertz CT molecular complexity index is 3800. The lowest BCUT2D eigenvalue weighted by molar-refractivity contribution is -0.142. The number of aliphatic hydroxyl groups excluding tert-OH is 2. The van der Waals surface area contributed by atoms with Crippen LogP contribution < -0.4 is 25.0 Å². The van der Waals surface area contributed by atoms with Crippen molar-refractivity contribution < 1.29 is 52.3 Å². The number of ether oxygens (including phenoxy) is 3. The zero-order valence-corrected chi connectivity index (χ0v) is 45.4. The van der Waals surface area contributed by atoms with Gasteiger partial charge in [-0.15, -0.1) is 11.5 Å². The first-order valence-electron chi connectivity index (χ1n) is 27.7. The Labute approximate surface area is 475 Å². The third kappa shape index (κ3) is 10.7. The van der Waals surface area contributed by atoms with E-state index >= 15 is 4.39 Å². The van der Waals surface area contributed by atoms with Crippen molar-refractivity contribution in [3.63, 3.8) is 0 Å². The number of carbonyl (C=O) groups is 2. The number of benzene rings is 5. The lowest BCUT2D eigenvalue weighted by Crippen LogP contribution is -2.50. The Hall–Kier alpha value is -8.68. The molecule has 8 aromatic rings. The highest BCUT2D eigenvalue weighted by Gasteiger charge is 2.44. The molecule has 0 aliphatic carbocycles. The van der Waals surface area contributed by atoms with Crippen molar-refractivity contribution in [1.29, 1.82) is 0 Å². The van der Waals surface area contributed by atoms with Gasteiger partial charge in [-0.25, -0.2) is 17.9 Å². The fourth-order valence-corrected chi connectivity index (χ4v) is 12.0. The number of halogens is 3. The summed E-state index contributed by atoms with van der Waals surface area (Å²) in [5, 5.41) is 49.1. The number of carbonyl (C=O) groups excluding carboxylic acids is 2. The molecule has 18 nitrogen and oxygen atoms in total. The first kappa shape index (κ1) is 54.9. The molecule has 7 heterocycles. The van der Waals surface area contributed by atoms with Crippen LogP contribution in [0, 0.1) is 35.7 Å². The second-order valence-electron chi connectivity index (χ2n) is 21.9. The van der Waals surface area contributed by atoms with Crippen LogP contribution in [-0.4, -0.2) is 132 Å². The van der Waals surface area contributed by atoms with Gasteiger partial charge in [0.05, 0.1) is 54.7 Å². The molecule has 4 fully saturated rings. The summed E-state index contributed by atoms with van der Waals surface area (Å²) >= 11 is 0. The standard InChI is InChI=1S/C62H59F3N10O8/c1-4-44-47(63)17-16-38-22-41(77)24-45(53(38)44)55-58(56-46(27-67-55)59(73-28-39-23-40(73)26-66-39)70-62(69-56)83-43-18-20-81-21-19-43)82-32-34-8-10-35(11-9-34)50-30-75(72-71-50)57(33(2)3)61(80)74-29-42(78)25-52(74)60(79)68-51(31-76)36-12-14-37(15-13-36)54-48(64)6-5-7-49(54)65/h1,5-17,22,24,27,30,33,39-40,42-43,51-52,57,66,76-78H,18-21,23,25-26,28-29,31-32H2,2-3H3,(H,68,79)/t39-,40-,42+,51-,52-,57-/m0/s1. The van der Waals surface area contributed by atoms with Gasteiger partial charge in [0, 0.05) is 73.7 Å². The zero-order valence-electron chi connectivity index (χ0n) is 45.4. The van der Waals surface area contributed by atoms with Gasteiger partial charge in [0.15, 0.2) is 5.75 Å². The molecule has 21 heteroatoms. The van der Waals surface area contributed by atoms with Gasteiger partial charge in [-0.05, 0) is 64.7 Å². The number of nitrogens with one attached hydrogen (secondary N) is 2. The van der Waals surface area contributed by atoms with Crippen molar-refractivity contribution in [1.82, 2.24) is 45.5 Å². The second kappa shape index (κ2) is 22.9. The molecule has 4 aliphatic rings. The molecule has 2 bridgehead atoms. The summed E-state index contributed by atoms with van der Waals surface area (Å²) in [6, 6.07) is 20.5. The highest BCUT2D eigenvalue weighted by molar-refractivity contribution is 6.05. The van der Waals surface area contributed by atoms with Gasteiger partial charge in [-0.2, -0.15) is 9.97 Å². The predicted octanol–water partition coefficient (Wildman–Crippen LogP) is 7.57. The Morgan fingerprint density at radius 1 is 0.940 bits per heavy atom. The Morgan fingerprint density at radius 3 is 2.40 bits per heavy atom. The average Bonchev–Trinajstić information content (AvgIpc) is 4.50. The molecule has 5 N–H and O–H groups in total. The van der Waals surface area contributed by atoms with Crippen LogP contribution in [0.25, 0.3) is 55.3 Å². The molecule has 6 atom stereocenters. The van der Waals surface area contributed by atoms with E-state index in [0.29, 0.717) is 82.5 Å². The number of hydrogen-bond acceptors (Lipinski definition) is 15. The molecule has 4 saturated heterocycles. The minimum absolute atomic E-state index is 0.00542. The lowest BCUT2D eigenvalue weighted by Gasteiger charge is -2.30. The number of likely N-dealkylation sites (tertiary alicyclic amines) is 1. The summed E-state index contributed by atoms with van der Waals surface area (Å²) in [5.74, 6) is -0.227. The quantitative estimate of drug-likeness (QED) is 0.0589. The van der Waals surface area contributed by atoms with Crippen LogP contribution in [0.15, 0.2) is 103 Å². The number of aliphatic hydroxyl groups is 2. The normalized spacial score (nSPS) is 19.6. The number of nitrogens with zero attached hydrogens (tertiary/aromatic N) is 8. The van der Waals surface area contributed by atoms with Crippen LogP contribution >= 0.6 is 0 Å². The van der Waals surface area contributed by atoms with Gasteiger partial charge < -0.3 is 50.0 Å². The van der Waals surface area contributed by atoms with Gasteiger partial charge in [0.1, 0.15) is 70.7 Å². The van der Waals surface area contributed by atoms with E-state index in [4.69, 9.17) is 35.6 Å². The third-order valence-electron chi connectivity index (χ3n) is 16.1. The maximum absolute atomic E-state index is 15.6. The van der Waals surface area contributed by atoms with Crippen molar-refractivity contribution in [3.05, 3.63) is 138 Å². The Kier molecular flexibility index (Phi) is 15.2. The van der Waals surface area contributed by atoms with E-state index in [2.05, 4.69) is 31.8 Å². The van der Waals surface area contributed by atoms with E-state index in [1.807, 2.05) is 38.1 Å². The molecular formula is C62H59F3N10O8. The van der Waals surface area contributed by atoms with Gasteiger partial charge in [0.25, 0.3) is 0 Å². The number of β-amino-alcohol motifs (C(OH)–C–C–N with tert-alkyl or cyclic N) is 1. The lowest BCUT2D eigenvalue weighted by atomic mass is 9.95. The van der Waals surface area contributed by atoms with Gasteiger partial charge in [0.2, 0.25) is 11.8 Å². The summed E-state index contributed by atoms with van der Waals surface area (Å²) in [4.78, 5) is 47.2. The molecule has 426 valence electrons. The maximum Gasteiger partial charge on any atom is 0.319 e. The van der Waals surface area contributed by atoms with Crippen LogP contribution in [-0.2, 0) is 20.9 Å². The number of terminal acetylenes is 1. The van der Waals surface area contributed by atoms with E-state index in [-0.39, 0.29) is 83.6 Å². The number of phenolic OH excluding ortho intramolecular Hbond substituents is 1. The molecule has 12 rings (SSSR count). The Morgan fingerprint density at radius 2 is 1.70 bits per heavy atom. The van der Waals surface area contributed by atoms with Crippen molar-refractivity contribution in [2.24, 2.45) is 5.92 Å². The summed E-state index contributed by atoms with van der Waals surface area (Å²) in [7, 11) is 0. The monoisotopic (exact) mass is 1130 g/mol. The van der Waals surface area contributed by atoms with E-state index < -0.39 is 60.1 Å². The number of rotatable bonds is 16. The molecule has 5 aromatic carbocycles. The number of piperazine rings is 1. The topological polar surface area (TPSA) is 222 Å². The van der Waals surface area contributed by atoms with Gasteiger partial charge in [-0.3, -0.25) is 14.6 Å². The number of anilines is 1. The molecule has 2 amide bonds. The third-order valence-corrected chi connectivity index (χ3v) is 16.1. The highest BCUT2D eigenvalue weighted by Crippen LogP contribution is 2.45. The van der Waals surface area contributed by atoms with E-state index in [0.717, 1.165) is 30.7 Å². The van der Waals surface area contributed by atoms with E-state index in [1.165, 1.54) is 46.0 Å². The van der Waals surface area contributed by atoms with Crippen molar-refractivity contribution >= 4 is 39.3 Å². The molecule has 0 spiro atoms. The van der Waals surface area contributed by atoms with Gasteiger partial charge in [-0.1, -0.05) is 85.6 Å². The number of aromatic nitrogens is 6. The van der Waals surface area contributed by atoms with Gasteiger partial charge >= 0.3 is 6.01 Å². The number of phenols is 1. The summed E-state index contributed by atoms with van der Waals surface area (Å²) in [6.45, 7) is 5.59. The molecular weight excluding hydrogens is 1070 g/mol. The SMILES string of the molecule is C#Cc1c(F)ccc2cc(O)cc(-c3ncc4c(N5C[C@@H]6C[C@H]5CN6)nc(OC5CCOCC5)nc4c3OCc3ccc(-c4cn([C@H](C(=O)N5C[C@H](O)C[C@H]5C(=O)N[C@@H](CO)c5ccc(-c6c(F)cccc6F)cc5)C(C)C)nn4)cc3)c12. The number of hydrogen-bond donors (Lipinski definition) is 5. The summed E-state index contributed by atoms with van der Waals surface area (Å²) in [5.41, 5.74) is 3.32. The summed E-state index contributed by atoms with van der Waals surface area (Å²) < 4.78 is 65.1. The van der Waals surface area contributed by atoms with Crippen molar-refractivity contribution in [3.8, 4) is 63.5 Å². The predicted molar refractivity (Wildman–Crippen MR) is 301 cm³/mol. The van der Waals surface area contributed by atoms with E-state index in [1.54, 1.807) is 30.6 Å². The second-order valence-corrected chi connectivity index (χ2v) is 21.9. The molecule has 83 heavy (non-hydrogen) atoms. The number of pyridine rings is 1.